The van der Waals surface area contributed by atoms with Crippen molar-refractivity contribution < 1.29 is 19.4 Å². The van der Waals surface area contributed by atoms with E-state index in [1.54, 1.807) is 18.4 Å². The van der Waals surface area contributed by atoms with E-state index in [9.17, 15) is 9.59 Å². The van der Waals surface area contributed by atoms with Gasteiger partial charge in [0.2, 0.25) is 0 Å². The summed E-state index contributed by atoms with van der Waals surface area (Å²) in [6.07, 6.45) is 0.524. The van der Waals surface area contributed by atoms with Gasteiger partial charge in [0, 0.05) is 18.5 Å². The zero-order valence-electron chi connectivity index (χ0n) is 11.3. The van der Waals surface area contributed by atoms with E-state index in [1.807, 2.05) is 0 Å². The van der Waals surface area contributed by atoms with E-state index in [4.69, 9.17) is 9.84 Å². The summed E-state index contributed by atoms with van der Waals surface area (Å²) in [6.45, 7) is 2.30. The zero-order chi connectivity index (χ0) is 14.8. The summed E-state index contributed by atoms with van der Waals surface area (Å²) in [7, 11) is 0. The molecular formula is C14H17NO4S. The second kappa shape index (κ2) is 9.13. The molecule has 0 saturated heterocycles. The molecular weight excluding hydrogens is 278 g/mol. The molecule has 1 rings (SSSR count). The van der Waals surface area contributed by atoms with Gasteiger partial charge in [0.25, 0.3) is 5.91 Å². The number of amides is 1. The number of aliphatic hydroxyl groups is 1. The molecule has 6 heteroatoms. The number of carbonyl (C=O) groups is 2. The molecule has 0 aliphatic rings. The highest BCUT2D eigenvalue weighted by molar-refractivity contribution is 7.12. The maximum absolute atomic E-state index is 11.9. The fourth-order valence-corrected chi connectivity index (χ4v) is 2.15. The maximum Gasteiger partial charge on any atom is 0.307 e. The van der Waals surface area contributed by atoms with Crippen LogP contribution in [0.1, 0.15) is 35.0 Å². The van der Waals surface area contributed by atoms with E-state index < -0.39 is 0 Å². The van der Waals surface area contributed by atoms with Crippen LogP contribution in [0, 0.1) is 11.8 Å². The fourth-order valence-electron chi connectivity index (χ4n) is 1.39. The van der Waals surface area contributed by atoms with E-state index in [2.05, 4.69) is 17.2 Å². The molecule has 2 N–H and O–H groups in total. The lowest BCUT2D eigenvalue weighted by Gasteiger charge is -2.04. The van der Waals surface area contributed by atoms with Gasteiger partial charge >= 0.3 is 5.97 Å². The molecule has 1 heterocycles. The standard InChI is InChI=1S/C14H17NO4S/c1-2-19-12(17)6-8-15-14(18)13-11(7-10-20-13)5-3-4-9-16/h7,10,16H,2,4,6,8-9H2,1H3,(H,15,18). The first kappa shape index (κ1) is 16.2. The maximum atomic E-state index is 11.9. The van der Waals surface area contributed by atoms with Gasteiger partial charge in [0.1, 0.15) is 4.88 Å². The summed E-state index contributed by atoms with van der Waals surface area (Å²) >= 11 is 1.29. The van der Waals surface area contributed by atoms with Crippen LogP contribution in [0.2, 0.25) is 0 Å². The van der Waals surface area contributed by atoms with E-state index in [-0.39, 0.29) is 31.4 Å². The highest BCUT2D eigenvalue weighted by Crippen LogP contribution is 2.15. The first-order valence-electron chi connectivity index (χ1n) is 6.30. The Morgan fingerprint density at radius 1 is 1.50 bits per heavy atom. The van der Waals surface area contributed by atoms with Crippen molar-refractivity contribution in [2.45, 2.75) is 19.8 Å². The molecule has 0 bridgehead atoms. The van der Waals surface area contributed by atoms with Gasteiger partial charge in [-0.15, -0.1) is 11.3 Å². The van der Waals surface area contributed by atoms with Crippen LogP contribution in [-0.4, -0.2) is 36.7 Å². The minimum absolute atomic E-state index is 0.00178. The Kier molecular flexibility index (Phi) is 7.40. The molecule has 0 spiro atoms. The van der Waals surface area contributed by atoms with Crippen molar-refractivity contribution in [3.8, 4) is 11.8 Å². The molecule has 0 aliphatic heterocycles. The lowest BCUT2D eigenvalue weighted by Crippen LogP contribution is -2.26. The summed E-state index contributed by atoms with van der Waals surface area (Å²) in [5.74, 6) is 5.04. The number of carbonyl (C=O) groups excluding carboxylic acids is 2. The van der Waals surface area contributed by atoms with Crippen LogP contribution >= 0.6 is 11.3 Å². The predicted octanol–water partition coefficient (Wildman–Crippen LogP) is 1.17. The van der Waals surface area contributed by atoms with E-state index in [0.29, 0.717) is 23.5 Å². The van der Waals surface area contributed by atoms with Gasteiger partial charge in [-0.2, -0.15) is 0 Å². The molecule has 1 amide bonds. The summed E-state index contributed by atoms with van der Waals surface area (Å²) in [4.78, 5) is 23.6. The molecule has 108 valence electrons. The number of hydrogen-bond acceptors (Lipinski definition) is 5. The molecule has 0 radical (unpaired) electrons. The molecule has 0 aliphatic carbocycles. The van der Waals surface area contributed by atoms with E-state index in [1.165, 1.54) is 11.3 Å². The minimum Gasteiger partial charge on any atom is -0.466 e. The smallest absolute Gasteiger partial charge is 0.307 e. The summed E-state index contributed by atoms with van der Waals surface area (Å²) < 4.78 is 4.77. The van der Waals surface area contributed by atoms with Crippen LogP contribution in [0.5, 0.6) is 0 Å². The molecule has 20 heavy (non-hydrogen) atoms. The minimum atomic E-state index is -0.332. The summed E-state index contributed by atoms with van der Waals surface area (Å²) in [5.41, 5.74) is 0.636. The van der Waals surface area contributed by atoms with Crippen LogP contribution in [0.3, 0.4) is 0 Å². The van der Waals surface area contributed by atoms with Gasteiger partial charge in [0.15, 0.2) is 0 Å². The van der Waals surface area contributed by atoms with Gasteiger partial charge < -0.3 is 15.2 Å². The van der Waals surface area contributed by atoms with Crippen molar-refractivity contribution >= 4 is 23.2 Å². The average Bonchev–Trinajstić information content (AvgIpc) is 2.88. The van der Waals surface area contributed by atoms with Gasteiger partial charge in [-0.1, -0.05) is 11.8 Å². The van der Waals surface area contributed by atoms with Crippen molar-refractivity contribution in [3.63, 3.8) is 0 Å². The quantitative estimate of drug-likeness (QED) is 0.610. The highest BCUT2D eigenvalue weighted by atomic mass is 32.1. The Labute approximate surface area is 122 Å². The van der Waals surface area contributed by atoms with Gasteiger partial charge in [-0.25, -0.2) is 0 Å². The van der Waals surface area contributed by atoms with Crippen LogP contribution < -0.4 is 5.32 Å². The van der Waals surface area contributed by atoms with E-state index >= 15 is 0 Å². The molecule has 0 unspecified atom stereocenters. The molecule has 0 fully saturated rings. The fraction of sp³-hybridized carbons (Fsp3) is 0.429. The first-order chi connectivity index (χ1) is 9.69. The molecule has 0 atom stereocenters. The summed E-state index contributed by atoms with van der Waals surface area (Å²) in [6, 6.07) is 1.76. The highest BCUT2D eigenvalue weighted by Gasteiger charge is 2.12. The SMILES string of the molecule is CCOC(=O)CCNC(=O)c1sccc1C#CCCO. The van der Waals surface area contributed by atoms with Crippen molar-refractivity contribution in [3.05, 3.63) is 21.9 Å². The summed E-state index contributed by atoms with van der Waals surface area (Å²) in [5, 5.41) is 13.1. The second-order valence-corrected chi connectivity index (χ2v) is 4.67. The van der Waals surface area contributed by atoms with Crippen LogP contribution in [-0.2, 0) is 9.53 Å². The Balaban J connectivity index is 2.50. The second-order valence-electron chi connectivity index (χ2n) is 3.75. The normalized spacial score (nSPS) is 9.50. The number of nitrogens with one attached hydrogen (secondary N) is 1. The Bertz CT molecular complexity index is 513. The van der Waals surface area contributed by atoms with Crippen LogP contribution in [0.25, 0.3) is 0 Å². The zero-order valence-corrected chi connectivity index (χ0v) is 12.1. The number of hydrogen-bond donors (Lipinski definition) is 2. The predicted molar refractivity (Wildman–Crippen MR) is 76.5 cm³/mol. The van der Waals surface area contributed by atoms with Gasteiger partial charge in [-0.3, -0.25) is 9.59 Å². The first-order valence-corrected chi connectivity index (χ1v) is 7.18. The average molecular weight is 295 g/mol. The topological polar surface area (TPSA) is 75.6 Å². The van der Waals surface area contributed by atoms with Crippen LogP contribution in [0.4, 0.5) is 0 Å². The van der Waals surface area contributed by atoms with Crippen molar-refractivity contribution in [2.75, 3.05) is 19.8 Å². The Morgan fingerprint density at radius 3 is 3.00 bits per heavy atom. The Morgan fingerprint density at radius 2 is 2.30 bits per heavy atom. The molecule has 1 aromatic rings. The third-order valence-electron chi connectivity index (χ3n) is 2.25. The number of esters is 1. The van der Waals surface area contributed by atoms with Crippen molar-refractivity contribution in [1.29, 1.82) is 0 Å². The van der Waals surface area contributed by atoms with Crippen molar-refractivity contribution in [2.24, 2.45) is 0 Å². The Hall–Kier alpha value is -1.84. The lowest BCUT2D eigenvalue weighted by atomic mass is 10.2. The monoisotopic (exact) mass is 295 g/mol. The number of aliphatic hydroxyl groups excluding tert-OH is 1. The molecule has 5 nitrogen and oxygen atoms in total. The lowest BCUT2D eigenvalue weighted by molar-refractivity contribution is -0.142. The number of thiophene rings is 1. The number of ether oxygens (including phenoxy) is 1. The largest absolute Gasteiger partial charge is 0.466 e. The molecule has 0 aromatic carbocycles. The van der Waals surface area contributed by atoms with Crippen molar-refractivity contribution in [1.82, 2.24) is 5.32 Å². The van der Waals surface area contributed by atoms with Crippen LogP contribution in [0.15, 0.2) is 11.4 Å². The van der Waals surface area contributed by atoms with Gasteiger partial charge in [0.05, 0.1) is 19.6 Å². The third-order valence-corrected chi connectivity index (χ3v) is 3.16. The third kappa shape index (κ3) is 5.43. The molecule has 1 aromatic heterocycles. The number of rotatable bonds is 6. The molecule has 0 saturated carbocycles. The van der Waals surface area contributed by atoms with Gasteiger partial charge in [-0.05, 0) is 18.4 Å². The van der Waals surface area contributed by atoms with E-state index in [0.717, 1.165) is 0 Å².